The fourth-order valence-electron chi connectivity index (χ4n) is 2.81. The summed E-state index contributed by atoms with van der Waals surface area (Å²) >= 11 is 0. The normalized spacial score (nSPS) is 14.7. The van der Waals surface area contributed by atoms with Crippen molar-refractivity contribution in [3.8, 4) is 0 Å². The SMILES string of the molecule is CC(NCCc1ccc2c(c1)CCN2)c1ccccc1. The van der Waals surface area contributed by atoms with Crippen molar-refractivity contribution in [2.24, 2.45) is 0 Å². The highest BCUT2D eigenvalue weighted by Crippen LogP contribution is 2.23. The zero-order valence-electron chi connectivity index (χ0n) is 12.0. The summed E-state index contributed by atoms with van der Waals surface area (Å²) in [4.78, 5) is 0. The lowest BCUT2D eigenvalue weighted by atomic mass is 10.1. The molecule has 0 aliphatic carbocycles. The first kappa shape index (κ1) is 13.2. The molecule has 3 rings (SSSR count). The molecule has 2 aromatic carbocycles. The van der Waals surface area contributed by atoms with E-state index in [1.165, 1.54) is 22.4 Å². The lowest BCUT2D eigenvalue weighted by Gasteiger charge is -2.14. The fraction of sp³-hybridized carbons (Fsp3) is 0.333. The van der Waals surface area contributed by atoms with Crippen LogP contribution in [0, 0.1) is 0 Å². The molecule has 2 heteroatoms. The highest BCUT2D eigenvalue weighted by molar-refractivity contribution is 5.56. The summed E-state index contributed by atoms with van der Waals surface area (Å²) in [5, 5.41) is 7.01. The Labute approximate surface area is 121 Å². The van der Waals surface area contributed by atoms with Gasteiger partial charge in [0, 0.05) is 18.3 Å². The molecule has 0 bridgehead atoms. The van der Waals surface area contributed by atoms with Crippen molar-refractivity contribution in [2.75, 3.05) is 18.4 Å². The standard InChI is InChI=1S/C18H22N2/c1-14(16-5-3-2-4-6-16)19-11-9-15-7-8-18-17(13-15)10-12-20-18/h2-8,13-14,19-20H,9-12H2,1H3. The maximum Gasteiger partial charge on any atom is 0.0373 e. The van der Waals surface area contributed by atoms with Gasteiger partial charge in [0.25, 0.3) is 0 Å². The van der Waals surface area contributed by atoms with E-state index in [0.717, 1.165) is 25.9 Å². The highest BCUT2D eigenvalue weighted by atomic mass is 14.9. The van der Waals surface area contributed by atoms with Crippen LogP contribution in [0.1, 0.15) is 29.7 Å². The van der Waals surface area contributed by atoms with Crippen LogP contribution < -0.4 is 10.6 Å². The van der Waals surface area contributed by atoms with Crippen LogP contribution in [0.4, 0.5) is 5.69 Å². The largest absolute Gasteiger partial charge is 0.384 e. The minimum absolute atomic E-state index is 0.410. The van der Waals surface area contributed by atoms with Crippen molar-refractivity contribution < 1.29 is 0 Å². The summed E-state index contributed by atoms with van der Waals surface area (Å²) < 4.78 is 0. The van der Waals surface area contributed by atoms with E-state index < -0.39 is 0 Å². The summed E-state index contributed by atoms with van der Waals surface area (Å²) in [6.07, 6.45) is 2.25. The molecule has 0 amide bonds. The molecule has 104 valence electrons. The maximum atomic E-state index is 3.60. The van der Waals surface area contributed by atoms with Gasteiger partial charge in [-0.05, 0) is 49.1 Å². The Kier molecular flexibility index (Phi) is 4.03. The number of fused-ring (bicyclic) bond motifs is 1. The van der Waals surface area contributed by atoms with Gasteiger partial charge in [-0.15, -0.1) is 0 Å². The Morgan fingerprint density at radius 3 is 2.85 bits per heavy atom. The van der Waals surface area contributed by atoms with Crippen LogP contribution in [-0.4, -0.2) is 13.1 Å². The monoisotopic (exact) mass is 266 g/mol. The third-order valence-corrected chi connectivity index (χ3v) is 4.04. The van der Waals surface area contributed by atoms with Crippen LogP contribution >= 0.6 is 0 Å². The molecule has 2 N–H and O–H groups in total. The molecular formula is C18H22N2. The minimum atomic E-state index is 0.410. The molecule has 1 aliphatic heterocycles. The van der Waals surface area contributed by atoms with Crippen LogP contribution in [0.15, 0.2) is 48.5 Å². The first-order valence-corrected chi connectivity index (χ1v) is 7.47. The Balaban J connectivity index is 1.53. The van der Waals surface area contributed by atoms with Gasteiger partial charge in [0.2, 0.25) is 0 Å². The van der Waals surface area contributed by atoms with Crippen molar-refractivity contribution in [2.45, 2.75) is 25.8 Å². The molecule has 1 atom stereocenters. The summed E-state index contributed by atoms with van der Waals surface area (Å²) in [5.74, 6) is 0. The van der Waals surface area contributed by atoms with Crippen molar-refractivity contribution in [3.63, 3.8) is 0 Å². The molecule has 2 nitrogen and oxygen atoms in total. The molecule has 20 heavy (non-hydrogen) atoms. The van der Waals surface area contributed by atoms with Crippen molar-refractivity contribution in [3.05, 3.63) is 65.2 Å². The predicted octanol–water partition coefficient (Wildman–Crippen LogP) is 3.55. The van der Waals surface area contributed by atoms with Crippen molar-refractivity contribution in [1.82, 2.24) is 5.32 Å². The first-order valence-electron chi connectivity index (χ1n) is 7.47. The smallest absolute Gasteiger partial charge is 0.0373 e. The van der Waals surface area contributed by atoms with Crippen molar-refractivity contribution >= 4 is 5.69 Å². The average Bonchev–Trinajstić information content (AvgIpc) is 2.95. The second-order valence-corrected chi connectivity index (χ2v) is 5.50. The van der Waals surface area contributed by atoms with E-state index >= 15 is 0 Å². The van der Waals surface area contributed by atoms with Gasteiger partial charge < -0.3 is 10.6 Å². The Bertz CT molecular complexity index is 563. The Morgan fingerprint density at radius 1 is 1.15 bits per heavy atom. The average molecular weight is 266 g/mol. The Morgan fingerprint density at radius 2 is 2.00 bits per heavy atom. The topological polar surface area (TPSA) is 24.1 Å². The number of hydrogen-bond donors (Lipinski definition) is 2. The second kappa shape index (κ2) is 6.10. The molecule has 0 spiro atoms. The lowest BCUT2D eigenvalue weighted by Crippen LogP contribution is -2.21. The number of rotatable bonds is 5. The molecule has 0 aromatic heterocycles. The van der Waals surface area contributed by atoms with E-state index in [9.17, 15) is 0 Å². The number of nitrogens with one attached hydrogen (secondary N) is 2. The fourth-order valence-corrected chi connectivity index (χ4v) is 2.81. The molecule has 0 radical (unpaired) electrons. The van der Waals surface area contributed by atoms with Gasteiger partial charge in [0.05, 0.1) is 0 Å². The van der Waals surface area contributed by atoms with Gasteiger partial charge >= 0.3 is 0 Å². The molecule has 1 unspecified atom stereocenters. The Hall–Kier alpha value is -1.80. The second-order valence-electron chi connectivity index (χ2n) is 5.50. The van der Waals surface area contributed by atoms with Gasteiger partial charge in [0.15, 0.2) is 0 Å². The van der Waals surface area contributed by atoms with Crippen LogP contribution in [0.5, 0.6) is 0 Å². The molecule has 0 saturated carbocycles. The quantitative estimate of drug-likeness (QED) is 0.865. The molecule has 2 aromatic rings. The van der Waals surface area contributed by atoms with Crippen LogP contribution in [-0.2, 0) is 12.8 Å². The van der Waals surface area contributed by atoms with Gasteiger partial charge in [-0.2, -0.15) is 0 Å². The van der Waals surface area contributed by atoms with E-state index in [1.54, 1.807) is 0 Å². The molecule has 0 saturated heterocycles. The third-order valence-electron chi connectivity index (χ3n) is 4.04. The summed E-state index contributed by atoms with van der Waals surface area (Å²) in [6.45, 7) is 4.33. The van der Waals surface area contributed by atoms with E-state index in [-0.39, 0.29) is 0 Å². The zero-order valence-corrected chi connectivity index (χ0v) is 12.0. The van der Waals surface area contributed by atoms with Crippen LogP contribution in [0.2, 0.25) is 0 Å². The van der Waals surface area contributed by atoms with E-state index in [2.05, 4.69) is 66.1 Å². The minimum Gasteiger partial charge on any atom is -0.384 e. The van der Waals surface area contributed by atoms with Crippen molar-refractivity contribution in [1.29, 1.82) is 0 Å². The van der Waals surface area contributed by atoms with Crippen LogP contribution in [0.25, 0.3) is 0 Å². The van der Waals surface area contributed by atoms with E-state index in [0.29, 0.717) is 6.04 Å². The number of anilines is 1. The lowest BCUT2D eigenvalue weighted by molar-refractivity contribution is 0.577. The van der Waals surface area contributed by atoms with Crippen LogP contribution in [0.3, 0.4) is 0 Å². The number of benzene rings is 2. The van der Waals surface area contributed by atoms with Gasteiger partial charge in [-0.25, -0.2) is 0 Å². The van der Waals surface area contributed by atoms with Gasteiger partial charge in [-0.1, -0.05) is 42.5 Å². The summed E-state index contributed by atoms with van der Waals surface area (Å²) in [5.41, 5.74) is 5.57. The molecule has 1 heterocycles. The third kappa shape index (κ3) is 3.02. The number of hydrogen-bond acceptors (Lipinski definition) is 2. The summed E-state index contributed by atoms with van der Waals surface area (Å²) in [6, 6.07) is 17.8. The summed E-state index contributed by atoms with van der Waals surface area (Å²) in [7, 11) is 0. The first-order chi connectivity index (χ1) is 9.83. The highest BCUT2D eigenvalue weighted by Gasteiger charge is 2.10. The maximum absolute atomic E-state index is 3.60. The van der Waals surface area contributed by atoms with E-state index in [1.807, 2.05) is 0 Å². The van der Waals surface area contributed by atoms with Gasteiger partial charge in [0.1, 0.15) is 0 Å². The molecular weight excluding hydrogens is 244 g/mol. The van der Waals surface area contributed by atoms with E-state index in [4.69, 9.17) is 0 Å². The van der Waals surface area contributed by atoms with Gasteiger partial charge in [-0.3, -0.25) is 0 Å². The molecule has 1 aliphatic rings. The zero-order chi connectivity index (χ0) is 13.8. The predicted molar refractivity (Wildman–Crippen MR) is 85.2 cm³/mol. The molecule has 0 fully saturated rings.